The Balaban J connectivity index is 1.90. The third kappa shape index (κ3) is 3.20. The number of aliphatic hydroxyl groups excluding tert-OH is 1. The van der Waals surface area contributed by atoms with Gasteiger partial charge in [0.1, 0.15) is 0 Å². The monoisotopic (exact) mass is 362 g/mol. The number of carbonyl (C=O) groups excluding carboxylic acids is 1. The van der Waals surface area contributed by atoms with Crippen LogP contribution in [0.15, 0.2) is 12.2 Å². The van der Waals surface area contributed by atoms with Gasteiger partial charge in [-0.3, -0.25) is 4.79 Å². The average Bonchev–Trinajstić information content (AvgIpc) is 2.50. The molecule has 3 nitrogen and oxygen atoms in total. The molecule has 6 unspecified atom stereocenters. The van der Waals surface area contributed by atoms with Gasteiger partial charge in [-0.2, -0.15) is 0 Å². The second kappa shape index (κ2) is 6.44. The van der Waals surface area contributed by atoms with E-state index in [-0.39, 0.29) is 28.3 Å². The molecule has 0 aromatic heterocycles. The van der Waals surface area contributed by atoms with Crippen molar-refractivity contribution in [1.29, 1.82) is 0 Å². The van der Waals surface area contributed by atoms with Crippen LogP contribution in [0.5, 0.6) is 0 Å². The summed E-state index contributed by atoms with van der Waals surface area (Å²) in [5, 5.41) is 11.2. The van der Waals surface area contributed by atoms with E-state index in [0.717, 1.165) is 12.8 Å². The Labute approximate surface area is 159 Å². The van der Waals surface area contributed by atoms with Gasteiger partial charge in [-0.05, 0) is 74.3 Å². The molecule has 0 spiro atoms. The maximum atomic E-state index is 11.7. The predicted octanol–water partition coefficient (Wildman–Crippen LogP) is 5.06. The summed E-state index contributed by atoms with van der Waals surface area (Å²) in [5.41, 5.74) is -0.436. The van der Waals surface area contributed by atoms with E-state index >= 15 is 0 Å². The van der Waals surface area contributed by atoms with Crippen LogP contribution in [0, 0.1) is 22.7 Å². The molecule has 2 aliphatic carbocycles. The summed E-state index contributed by atoms with van der Waals surface area (Å²) in [6.45, 7) is 13.3. The first kappa shape index (κ1) is 20.1. The highest BCUT2D eigenvalue weighted by atomic mass is 16.5. The standard InChI is InChI=1S/C23H38O3/c1-7-16(24)9-13-21(4)14-10-18-22(5)12-8-11-20(2,3)19(22)17(25)15-23(18,6)26-21/h9,13,17-19,25H,7-8,10-12,14-15H2,1-6H3. The Kier molecular flexibility index (Phi) is 4.98. The third-order valence-corrected chi connectivity index (χ3v) is 7.99. The molecule has 0 aromatic carbocycles. The molecule has 3 rings (SSSR count). The van der Waals surface area contributed by atoms with E-state index in [1.165, 1.54) is 19.3 Å². The Morgan fingerprint density at radius 1 is 1.15 bits per heavy atom. The zero-order valence-corrected chi connectivity index (χ0v) is 17.6. The van der Waals surface area contributed by atoms with Crippen LogP contribution in [0.4, 0.5) is 0 Å². The van der Waals surface area contributed by atoms with Crippen molar-refractivity contribution < 1.29 is 14.6 Å². The van der Waals surface area contributed by atoms with Gasteiger partial charge in [0.25, 0.3) is 0 Å². The molecule has 3 fully saturated rings. The van der Waals surface area contributed by atoms with Crippen LogP contribution in [0.3, 0.4) is 0 Å². The van der Waals surface area contributed by atoms with Crippen molar-refractivity contribution in [1.82, 2.24) is 0 Å². The molecule has 148 valence electrons. The summed E-state index contributed by atoms with van der Waals surface area (Å²) in [4.78, 5) is 11.7. The van der Waals surface area contributed by atoms with Crippen molar-refractivity contribution in [2.24, 2.45) is 22.7 Å². The Morgan fingerprint density at radius 3 is 2.50 bits per heavy atom. The number of aliphatic hydroxyl groups is 1. The van der Waals surface area contributed by atoms with E-state index in [1.807, 2.05) is 13.0 Å². The Bertz CT molecular complexity index is 594. The minimum Gasteiger partial charge on any atom is -0.393 e. The number of ketones is 1. The lowest BCUT2D eigenvalue weighted by Gasteiger charge is -2.66. The van der Waals surface area contributed by atoms with Crippen LogP contribution in [0.2, 0.25) is 0 Å². The molecule has 26 heavy (non-hydrogen) atoms. The molecule has 0 bridgehead atoms. The van der Waals surface area contributed by atoms with E-state index in [4.69, 9.17) is 4.74 Å². The van der Waals surface area contributed by atoms with Gasteiger partial charge >= 0.3 is 0 Å². The number of hydrogen-bond donors (Lipinski definition) is 1. The molecule has 1 heterocycles. The summed E-state index contributed by atoms with van der Waals surface area (Å²) in [7, 11) is 0. The van der Waals surface area contributed by atoms with E-state index in [9.17, 15) is 9.90 Å². The van der Waals surface area contributed by atoms with Gasteiger partial charge in [0.05, 0.1) is 17.3 Å². The van der Waals surface area contributed by atoms with Crippen molar-refractivity contribution in [3.63, 3.8) is 0 Å². The highest BCUT2D eigenvalue weighted by Gasteiger charge is 2.64. The lowest BCUT2D eigenvalue weighted by molar-refractivity contribution is -0.277. The summed E-state index contributed by atoms with van der Waals surface area (Å²) >= 11 is 0. The van der Waals surface area contributed by atoms with Crippen molar-refractivity contribution >= 4 is 5.78 Å². The fraction of sp³-hybridized carbons (Fsp3) is 0.870. The van der Waals surface area contributed by atoms with Crippen LogP contribution in [0.1, 0.15) is 86.5 Å². The minimum atomic E-state index is -0.414. The first-order valence-electron chi connectivity index (χ1n) is 10.6. The van der Waals surface area contributed by atoms with E-state index in [2.05, 4.69) is 34.6 Å². The van der Waals surface area contributed by atoms with Crippen molar-refractivity contribution in [2.45, 2.75) is 104 Å². The molecule has 1 aliphatic heterocycles. The van der Waals surface area contributed by atoms with Gasteiger partial charge in [-0.15, -0.1) is 0 Å². The van der Waals surface area contributed by atoms with Crippen LogP contribution in [-0.2, 0) is 9.53 Å². The van der Waals surface area contributed by atoms with E-state index in [0.29, 0.717) is 24.7 Å². The molecular weight excluding hydrogens is 324 g/mol. The molecule has 2 saturated carbocycles. The zero-order valence-electron chi connectivity index (χ0n) is 17.6. The smallest absolute Gasteiger partial charge is 0.155 e. The minimum absolute atomic E-state index is 0.123. The molecule has 3 heteroatoms. The third-order valence-electron chi connectivity index (χ3n) is 7.99. The number of fused-ring (bicyclic) bond motifs is 3. The second-order valence-corrected chi connectivity index (χ2v) is 10.6. The molecule has 1 saturated heterocycles. The summed E-state index contributed by atoms with van der Waals surface area (Å²) in [6.07, 6.45) is 10.2. The highest BCUT2D eigenvalue weighted by Crippen LogP contribution is 2.65. The lowest BCUT2D eigenvalue weighted by atomic mass is 9.43. The lowest BCUT2D eigenvalue weighted by Crippen LogP contribution is -2.66. The van der Waals surface area contributed by atoms with Gasteiger partial charge in [0.15, 0.2) is 5.78 Å². The molecule has 0 radical (unpaired) electrons. The number of hydrogen-bond acceptors (Lipinski definition) is 3. The summed E-state index contributed by atoms with van der Waals surface area (Å²) in [6, 6.07) is 0. The quantitative estimate of drug-likeness (QED) is 0.714. The summed E-state index contributed by atoms with van der Waals surface area (Å²) < 4.78 is 6.71. The number of rotatable bonds is 3. The average molecular weight is 363 g/mol. The van der Waals surface area contributed by atoms with Crippen LogP contribution < -0.4 is 0 Å². The van der Waals surface area contributed by atoms with Crippen LogP contribution >= 0.6 is 0 Å². The molecule has 6 atom stereocenters. The van der Waals surface area contributed by atoms with Gasteiger partial charge in [0.2, 0.25) is 0 Å². The fourth-order valence-electron chi connectivity index (χ4n) is 7.12. The van der Waals surface area contributed by atoms with Crippen LogP contribution in [0.25, 0.3) is 0 Å². The van der Waals surface area contributed by atoms with Crippen molar-refractivity contribution in [2.75, 3.05) is 0 Å². The van der Waals surface area contributed by atoms with E-state index in [1.54, 1.807) is 6.08 Å². The molecular formula is C23H38O3. The molecule has 3 aliphatic rings. The van der Waals surface area contributed by atoms with Crippen LogP contribution in [-0.4, -0.2) is 28.2 Å². The first-order chi connectivity index (χ1) is 12.0. The normalized spacial score (nSPS) is 48.0. The van der Waals surface area contributed by atoms with Gasteiger partial charge < -0.3 is 9.84 Å². The molecule has 0 amide bonds. The number of carbonyl (C=O) groups is 1. The Hall–Kier alpha value is -0.670. The largest absolute Gasteiger partial charge is 0.393 e. The molecule has 1 N–H and O–H groups in total. The zero-order chi connectivity index (χ0) is 19.4. The van der Waals surface area contributed by atoms with Gasteiger partial charge in [-0.1, -0.05) is 34.1 Å². The highest BCUT2D eigenvalue weighted by molar-refractivity contribution is 5.89. The van der Waals surface area contributed by atoms with Crippen molar-refractivity contribution in [3.8, 4) is 0 Å². The second-order valence-electron chi connectivity index (χ2n) is 10.6. The SMILES string of the molecule is CCC(=O)C=CC1(C)CCC2C(C)(CC(O)C3C(C)(C)CCCC32C)O1. The predicted molar refractivity (Wildman–Crippen MR) is 105 cm³/mol. The number of ether oxygens (including phenoxy) is 1. The molecule has 0 aromatic rings. The van der Waals surface area contributed by atoms with E-state index < -0.39 is 5.60 Å². The first-order valence-corrected chi connectivity index (χ1v) is 10.6. The number of allylic oxidation sites excluding steroid dienone is 1. The summed E-state index contributed by atoms with van der Waals surface area (Å²) in [5.74, 6) is 0.949. The Morgan fingerprint density at radius 2 is 1.85 bits per heavy atom. The van der Waals surface area contributed by atoms with Crippen molar-refractivity contribution in [3.05, 3.63) is 12.2 Å². The maximum Gasteiger partial charge on any atom is 0.155 e. The van der Waals surface area contributed by atoms with Gasteiger partial charge in [-0.25, -0.2) is 0 Å². The maximum absolute atomic E-state index is 11.7. The fourth-order valence-corrected chi connectivity index (χ4v) is 7.12. The topological polar surface area (TPSA) is 46.5 Å². The van der Waals surface area contributed by atoms with Gasteiger partial charge in [0, 0.05) is 12.8 Å².